The van der Waals surface area contributed by atoms with E-state index in [1.54, 1.807) is 0 Å². The number of β-amino-alcohol motifs (C(OH)–C–C–N with tert-alkyl or cyclic N) is 1. The van der Waals surface area contributed by atoms with Crippen LogP contribution in [-0.4, -0.2) is 47.3 Å². The molecule has 0 aromatic heterocycles. The maximum atomic E-state index is 9.98. The van der Waals surface area contributed by atoms with Gasteiger partial charge in [0.05, 0.1) is 5.60 Å². The average molecular weight is 226 g/mol. The minimum Gasteiger partial charge on any atom is -0.389 e. The van der Waals surface area contributed by atoms with Gasteiger partial charge in [-0.05, 0) is 45.6 Å². The summed E-state index contributed by atoms with van der Waals surface area (Å²) in [6, 6.07) is 1.47. The van der Waals surface area contributed by atoms with Crippen molar-refractivity contribution < 1.29 is 5.11 Å². The predicted molar refractivity (Wildman–Crippen MR) is 66.5 cm³/mol. The molecule has 1 aliphatic carbocycles. The summed E-state index contributed by atoms with van der Waals surface area (Å²) in [5, 5.41) is 13.5. The normalized spacial score (nSPS) is 41.4. The van der Waals surface area contributed by atoms with Gasteiger partial charge >= 0.3 is 0 Å². The summed E-state index contributed by atoms with van der Waals surface area (Å²) in [5.74, 6) is 0. The van der Waals surface area contributed by atoms with E-state index in [1.165, 1.54) is 25.7 Å². The highest BCUT2D eigenvalue weighted by molar-refractivity contribution is 4.91. The van der Waals surface area contributed by atoms with Gasteiger partial charge < -0.3 is 10.4 Å². The van der Waals surface area contributed by atoms with Crippen molar-refractivity contribution in [3.8, 4) is 0 Å². The van der Waals surface area contributed by atoms with Gasteiger partial charge in [0.2, 0.25) is 0 Å². The van der Waals surface area contributed by atoms with Crippen LogP contribution in [0, 0.1) is 0 Å². The van der Waals surface area contributed by atoms with Crippen LogP contribution in [0.25, 0.3) is 0 Å². The quantitative estimate of drug-likeness (QED) is 0.763. The highest BCUT2D eigenvalue weighted by Gasteiger charge is 2.36. The second-order valence-electron chi connectivity index (χ2n) is 5.78. The molecule has 0 spiro atoms. The van der Waals surface area contributed by atoms with Gasteiger partial charge in [-0.25, -0.2) is 0 Å². The lowest BCUT2D eigenvalue weighted by Gasteiger charge is -2.35. The van der Waals surface area contributed by atoms with Crippen LogP contribution in [0.4, 0.5) is 0 Å². The van der Waals surface area contributed by atoms with E-state index in [0.29, 0.717) is 0 Å². The van der Waals surface area contributed by atoms with Crippen molar-refractivity contribution in [1.29, 1.82) is 0 Å². The lowest BCUT2D eigenvalue weighted by atomic mass is 9.90. The van der Waals surface area contributed by atoms with Gasteiger partial charge in [-0.2, -0.15) is 0 Å². The molecule has 1 unspecified atom stereocenters. The molecule has 0 aromatic carbocycles. The molecule has 3 nitrogen and oxygen atoms in total. The van der Waals surface area contributed by atoms with Crippen LogP contribution in [0.2, 0.25) is 0 Å². The zero-order chi connectivity index (χ0) is 11.6. The van der Waals surface area contributed by atoms with E-state index >= 15 is 0 Å². The SMILES string of the molecule is CCNC1CCC(N2CCC(C)(O)C2)CC1. The first kappa shape index (κ1) is 12.3. The van der Waals surface area contributed by atoms with E-state index < -0.39 is 5.60 Å². The minimum absolute atomic E-state index is 0.432. The molecule has 2 aliphatic rings. The zero-order valence-electron chi connectivity index (χ0n) is 10.7. The molecule has 1 heterocycles. The molecule has 3 heteroatoms. The standard InChI is InChI=1S/C13H26N2O/c1-3-14-11-4-6-12(7-5-11)15-9-8-13(2,16)10-15/h11-12,14,16H,3-10H2,1-2H3. The largest absolute Gasteiger partial charge is 0.389 e. The van der Waals surface area contributed by atoms with Crippen molar-refractivity contribution in [3.05, 3.63) is 0 Å². The van der Waals surface area contributed by atoms with Crippen LogP contribution in [0.15, 0.2) is 0 Å². The highest BCUT2D eigenvalue weighted by Crippen LogP contribution is 2.29. The van der Waals surface area contributed by atoms with Gasteiger partial charge in [-0.1, -0.05) is 6.92 Å². The predicted octanol–water partition coefficient (Wildman–Crippen LogP) is 1.36. The summed E-state index contributed by atoms with van der Waals surface area (Å²) < 4.78 is 0. The van der Waals surface area contributed by atoms with Crippen molar-refractivity contribution in [2.24, 2.45) is 0 Å². The summed E-state index contributed by atoms with van der Waals surface area (Å²) >= 11 is 0. The van der Waals surface area contributed by atoms with Gasteiger partial charge in [-0.3, -0.25) is 4.90 Å². The smallest absolute Gasteiger partial charge is 0.0758 e. The molecule has 94 valence electrons. The summed E-state index contributed by atoms with van der Waals surface area (Å²) in [6.07, 6.45) is 6.15. The monoisotopic (exact) mass is 226 g/mol. The number of nitrogens with zero attached hydrogens (tertiary/aromatic N) is 1. The van der Waals surface area contributed by atoms with Crippen molar-refractivity contribution in [2.75, 3.05) is 19.6 Å². The van der Waals surface area contributed by atoms with Crippen LogP contribution in [0.5, 0.6) is 0 Å². The Morgan fingerprint density at radius 2 is 2.00 bits per heavy atom. The van der Waals surface area contributed by atoms with E-state index in [0.717, 1.165) is 38.1 Å². The number of hydrogen-bond acceptors (Lipinski definition) is 3. The van der Waals surface area contributed by atoms with Crippen LogP contribution in [0.3, 0.4) is 0 Å². The molecule has 0 radical (unpaired) electrons. The van der Waals surface area contributed by atoms with Crippen LogP contribution in [0.1, 0.15) is 46.0 Å². The molecule has 0 amide bonds. The third-order valence-corrected chi connectivity index (χ3v) is 4.19. The summed E-state index contributed by atoms with van der Waals surface area (Å²) in [5.41, 5.74) is -0.432. The Morgan fingerprint density at radius 3 is 2.50 bits per heavy atom. The maximum Gasteiger partial charge on any atom is 0.0758 e. The van der Waals surface area contributed by atoms with Gasteiger partial charge in [-0.15, -0.1) is 0 Å². The molecule has 2 N–H and O–H groups in total. The first-order valence-electron chi connectivity index (χ1n) is 6.80. The Kier molecular flexibility index (Phi) is 3.88. The fraction of sp³-hybridized carbons (Fsp3) is 1.00. The highest BCUT2D eigenvalue weighted by atomic mass is 16.3. The molecule has 1 saturated carbocycles. The Balaban J connectivity index is 1.77. The molecule has 2 rings (SSSR count). The molecule has 16 heavy (non-hydrogen) atoms. The topological polar surface area (TPSA) is 35.5 Å². The van der Waals surface area contributed by atoms with Gasteiger partial charge in [0.25, 0.3) is 0 Å². The average Bonchev–Trinajstić information content (AvgIpc) is 2.61. The van der Waals surface area contributed by atoms with E-state index in [9.17, 15) is 5.11 Å². The van der Waals surface area contributed by atoms with E-state index in [4.69, 9.17) is 0 Å². The van der Waals surface area contributed by atoms with Crippen LogP contribution in [-0.2, 0) is 0 Å². The Morgan fingerprint density at radius 1 is 1.31 bits per heavy atom. The first-order chi connectivity index (χ1) is 7.61. The zero-order valence-corrected chi connectivity index (χ0v) is 10.7. The Bertz CT molecular complexity index is 222. The number of hydrogen-bond donors (Lipinski definition) is 2. The second-order valence-corrected chi connectivity index (χ2v) is 5.78. The molecular weight excluding hydrogens is 200 g/mol. The molecule has 2 fully saturated rings. The molecule has 1 atom stereocenters. The van der Waals surface area contributed by atoms with Crippen LogP contribution >= 0.6 is 0 Å². The number of aliphatic hydroxyl groups is 1. The van der Waals surface area contributed by atoms with Gasteiger partial charge in [0.1, 0.15) is 0 Å². The van der Waals surface area contributed by atoms with Crippen LogP contribution < -0.4 is 5.32 Å². The first-order valence-corrected chi connectivity index (χ1v) is 6.80. The summed E-state index contributed by atoms with van der Waals surface area (Å²) in [6.45, 7) is 7.21. The van der Waals surface area contributed by atoms with Crippen molar-refractivity contribution >= 4 is 0 Å². The van der Waals surface area contributed by atoms with Crippen molar-refractivity contribution in [2.45, 2.75) is 63.6 Å². The van der Waals surface area contributed by atoms with Crippen molar-refractivity contribution in [3.63, 3.8) is 0 Å². The van der Waals surface area contributed by atoms with Crippen molar-refractivity contribution in [1.82, 2.24) is 10.2 Å². The Hall–Kier alpha value is -0.120. The van der Waals surface area contributed by atoms with E-state index in [-0.39, 0.29) is 0 Å². The maximum absolute atomic E-state index is 9.98. The number of rotatable bonds is 3. The lowest BCUT2D eigenvalue weighted by Crippen LogP contribution is -2.42. The van der Waals surface area contributed by atoms with Gasteiger partial charge in [0, 0.05) is 25.2 Å². The molecular formula is C13H26N2O. The summed E-state index contributed by atoms with van der Waals surface area (Å²) in [7, 11) is 0. The van der Waals surface area contributed by atoms with Gasteiger partial charge in [0.15, 0.2) is 0 Å². The number of likely N-dealkylation sites (tertiary alicyclic amines) is 1. The fourth-order valence-corrected chi connectivity index (χ4v) is 3.23. The van der Waals surface area contributed by atoms with E-state index in [2.05, 4.69) is 17.1 Å². The third-order valence-electron chi connectivity index (χ3n) is 4.19. The Labute approximate surface area is 99.2 Å². The molecule has 1 saturated heterocycles. The fourth-order valence-electron chi connectivity index (χ4n) is 3.23. The molecule has 0 aromatic rings. The molecule has 1 aliphatic heterocycles. The third kappa shape index (κ3) is 2.96. The minimum atomic E-state index is -0.432. The second kappa shape index (κ2) is 5.03. The van der Waals surface area contributed by atoms with E-state index in [1.807, 2.05) is 6.92 Å². The lowest BCUT2D eigenvalue weighted by molar-refractivity contribution is 0.0570. The number of nitrogens with one attached hydrogen (secondary N) is 1. The summed E-state index contributed by atoms with van der Waals surface area (Å²) in [4.78, 5) is 2.50. The molecule has 0 bridgehead atoms.